The zero-order valence-corrected chi connectivity index (χ0v) is 13.1. The standard InChI is InChI=1S/C14H23NOS2/c1-14(2,16-3)6-4-11(15)13-8-10-9-17-7-5-12(10)18-13/h8,11H,4-7,9,15H2,1-3H3. The van der Waals surface area contributed by atoms with Crippen molar-refractivity contribution in [2.75, 3.05) is 12.9 Å². The van der Waals surface area contributed by atoms with Crippen LogP contribution in [0.5, 0.6) is 0 Å². The fourth-order valence-electron chi connectivity index (χ4n) is 2.10. The predicted molar refractivity (Wildman–Crippen MR) is 81.4 cm³/mol. The van der Waals surface area contributed by atoms with E-state index in [2.05, 4.69) is 19.9 Å². The number of rotatable bonds is 5. The molecule has 2 nitrogen and oxygen atoms in total. The second kappa shape index (κ2) is 5.95. The average Bonchev–Trinajstić information content (AvgIpc) is 2.80. The van der Waals surface area contributed by atoms with E-state index in [-0.39, 0.29) is 11.6 Å². The van der Waals surface area contributed by atoms with Crippen molar-refractivity contribution < 1.29 is 4.74 Å². The fourth-order valence-corrected chi connectivity index (χ4v) is 4.51. The van der Waals surface area contributed by atoms with Crippen molar-refractivity contribution in [1.82, 2.24) is 0 Å². The molecule has 0 spiro atoms. The number of ether oxygens (including phenoxy) is 1. The molecule has 2 heterocycles. The Bertz CT molecular complexity index is 377. The molecule has 4 heteroatoms. The van der Waals surface area contributed by atoms with Crippen molar-refractivity contribution in [2.45, 2.75) is 50.5 Å². The van der Waals surface area contributed by atoms with Crippen molar-refractivity contribution in [1.29, 1.82) is 0 Å². The molecule has 1 aromatic rings. The second-order valence-corrected chi connectivity index (χ2v) is 7.78. The van der Waals surface area contributed by atoms with Gasteiger partial charge in [-0.25, -0.2) is 0 Å². The number of hydrogen-bond acceptors (Lipinski definition) is 4. The van der Waals surface area contributed by atoms with Gasteiger partial charge in [0, 0.05) is 28.7 Å². The van der Waals surface area contributed by atoms with E-state index < -0.39 is 0 Å². The molecule has 2 rings (SSSR count). The van der Waals surface area contributed by atoms with Crippen LogP contribution in [0.3, 0.4) is 0 Å². The molecule has 0 bridgehead atoms. The maximum absolute atomic E-state index is 6.32. The smallest absolute Gasteiger partial charge is 0.0623 e. The van der Waals surface area contributed by atoms with Crippen LogP contribution < -0.4 is 5.73 Å². The molecule has 102 valence electrons. The number of aryl methyl sites for hydroxylation is 1. The molecule has 0 amide bonds. The van der Waals surface area contributed by atoms with Crippen molar-refractivity contribution in [3.05, 3.63) is 21.4 Å². The summed E-state index contributed by atoms with van der Waals surface area (Å²) in [6, 6.07) is 2.50. The summed E-state index contributed by atoms with van der Waals surface area (Å²) in [5, 5.41) is 0. The first-order valence-corrected chi connectivity index (χ1v) is 8.49. The van der Waals surface area contributed by atoms with Crippen LogP contribution in [0.25, 0.3) is 0 Å². The minimum Gasteiger partial charge on any atom is -0.379 e. The van der Waals surface area contributed by atoms with Crippen LogP contribution in [-0.4, -0.2) is 18.5 Å². The average molecular weight is 285 g/mol. The number of thioether (sulfide) groups is 1. The van der Waals surface area contributed by atoms with Gasteiger partial charge in [-0.1, -0.05) is 0 Å². The third-order valence-electron chi connectivity index (χ3n) is 3.62. The quantitative estimate of drug-likeness (QED) is 0.895. The summed E-state index contributed by atoms with van der Waals surface area (Å²) < 4.78 is 5.45. The SMILES string of the molecule is COC(C)(C)CCC(N)c1cc2c(s1)CCSC2. The van der Waals surface area contributed by atoms with Gasteiger partial charge in [-0.3, -0.25) is 0 Å². The molecule has 0 saturated heterocycles. The van der Waals surface area contributed by atoms with E-state index in [0.29, 0.717) is 0 Å². The van der Waals surface area contributed by atoms with E-state index in [4.69, 9.17) is 10.5 Å². The topological polar surface area (TPSA) is 35.2 Å². The number of fused-ring (bicyclic) bond motifs is 1. The lowest BCUT2D eigenvalue weighted by Crippen LogP contribution is -2.24. The van der Waals surface area contributed by atoms with Crippen LogP contribution >= 0.6 is 23.1 Å². The Morgan fingerprint density at radius 2 is 2.28 bits per heavy atom. The molecular formula is C14H23NOS2. The molecular weight excluding hydrogens is 262 g/mol. The van der Waals surface area contributed by atoms with Gasteiger partial charge in [0.2, 0.25) is 0 Å². The van der Waals surface area contributed by atoms with Gasteiger partial charge in [-0.15, -0.1) is 11.3 Å². The van der Waals surface area contributed by atoms with Crippen molar-refractivity contribution in [3.63, 3.8) is 0 Å². The molecule has 0 aliphatic carbocycles. The highest BCUT2D eigenvalue weighted by Crippen LogP contribution is 2.35. The summed E-state index contributed by atoms with van der Waals surface area (Å²) in [4.78, 5) is 2.92. The molecule has 0 aromatic carbocycles. The first-order chi connectivity index (χ1) is 8.52. The van der Waals surface area contributed by atoms with Crippen LogP contribution in [0, 0.1) is 0 Å². The zero-order valence-electron chi connectivity index (χ0n) is 11.5. The van der Waals surface area contributed by atoms with E-state index in [1.165, 1.54) is 28.4 Å². The van der Waals surface area contributed by atoms with Gasteiger partial charge in [0.15, 0.2) is 0 Å². The van der Waals surface area contributed by atoms with Crippen LogP contribution in [0.1, 0.15) is 48.0 Å². The first kappa shape index (κ1) is 14.4. The summed E-state index contributed by atoms with van der Waals surface area (Å²) in [6.45, 7) is 4.24. The minimum atomic E-state index is -0.0651. The maximum atomic E-state index is 6.32. The molecule has 2 N–H and O–H groups in total. The summed E-state index contributed by atoms with van der Waals surface area (Å²) in [7, 11) is 1.77. The minimum absolute atomic E-state index is 0.0651. The van der Waals surface area contributed by atoms with Gasteiger partial charge in [0.25, 0.3) is 0 Å². The highest BCUT2D eigenvalue weighted by atomic mass is 32.2. The van der Waals surface area contributed by atoms with Crippen LogP contribution in [-0.2, 0) is 16.9 Å². The number of thiophene rings is 1. The lowest BCUT2D eigenvalue weighted by atomic mass is 9.98. The monoisotopic (exact) mass is 285 g/mol. The normalized spacial score (nSPS) is 17.6. The Morgan fingerprint density at radius 1 is 1.50 bits per heavy atom. The van der Waals surface area contributed by atoms with E-state index in [9.17, 15) is 0 Å². The van der Waals surface area contributed by atoms with Crippen molar-refractivity contribution in [2.24, 2.45) is 5.73 Å². The molecule has 0 fully saturated rings. The molecule has 1 aliphatic rings. The van der Waals surface area contributed by atoms with Crippen LogP contribution in [0.4, 0.5) is 0 Å². The molecule has 0 radical (unpaired) electrons. The predicted octanol–water partition coefficient (Wildman–Crippen LogP) is 3.74. The Morgan fingerprint density at radius 3 is 2.94 bits per heavy atom. The molecule has 0 saturated carbocycles. The molecule has 1 aliphatic heterocycles. The molecule has 1 atom stereocenters. The van der Waals surface area contributed by atoms with Gasteiger partial charge in [-0.2, -0.15) is 11.8 Å². The van der Waals surface area contributed by atoms with Gasteiger partial charge >= 0.3 is 0 Å². The van der Waals surface area contributed by atoms with Crippen LogP contribution in [0.2, 0.25) is 0 Å². The first-order valence-electron chi connectivity index (χ1n) is 6.52. The van der Waals surface area contributed by atoms with Crippen molar-refractivity contribution >= 4 is 23.1 Å². The number of nitrogens with two attached hydrogens (primary N) is 1. The largest absolute Gasteiger partial charge is 0.379 e. The third kappa shape index (κ3) is 3.50. The fraction of sp³-hybridized carbons (Fsp3) is 0.714. The van der Waals surface area contributed by atoms with Gasteiger partial charge in [0.05, 0.1) is 5.60 Å². The molecule has 1 unspecified atom stereocenters. The maximum Gasteiger partial charge on any atom is 0.0623 e. The Kier molecular flexibility index (Phi) is 4.75. The van der Waals surface area contributed by atoms with E-state index >= 15 is 0 Å². The van der Waals surface area contributed by atoms with E-state index in [1.54, 1.807) is 12.0 Å². The zero-order chi connectivity index (χ0) is 13.2. The summed E-state index contributed by atoms with van der Waals surface area (Å²) in [6.07, 6.45) is 3.22. The summed E-state index contributed by atoms with van der Waals surface area (Å²) in [5.41, 5.74) is 7.77. The molecule has 1 aromatic heterocycles. The second-order valence-electron chi connectivity index (χ2n) is 5.51. The Labute approximate surface area is 118 Å². The number of methoxy groups -OCH3 is 1. The van der Waals surface area contributed by atoms with Crippen LogP contribution in [0.15, 0.2) is 6.07 Å². The third-order valence-corrected chi connectivity index (χ3v) is 6.00. The Balaban J connectivity index is 1.96. The highest BCUT2D eigenvalue weighted by molar-refractivity contribution is 7.98. The van der Waals surface area contributed by atoms with E-state index in [0.717, 1.165) is 12.8 Å². The van der Waals surface area contributed by atoms with Crippen molar-refractivity contribution in [3.8, 4) is 0 Å². The Hall–Kier alpha value is -0.0300. The van der Waals surface area contributed by atoms with E-state index in [1.807, 2.05) is 23.1 Å². The van der Waals surface area contributed by atoms with Gasteiger partial charge < -0.3 is 10.5 Å². The summed E-state index contributed by atoms with van der Waals surface area (Å²) >= 11 is 3.95. The summed E-state index contributed by atoms with van der Waals surface area (Å²) in [5.74, 6) is 2.43. The highest BCUT2D eigenvalue weighted by Gasteiger charge is 2.21. The molecule has 18 heavy (non-hydrogen) atoms. The van der Waals surface area contributed by atoms with Gasteiger partial charge in [0.1, 0.15) is 0 Å². The number of hydrogen-bond donors (Lipinski definition) is 1. The lowest BCUT2D eigenvalue weighted by Gasteiger charge is -2.24. The van der Waals surface area contributed by atoms with Gasteiger partial charge in [-0.05, 0) is 50.5 Å². The lowest BCUT2D eigenvalue weighted by molar-refractivity contribution is 0.0125.